The fraction of sp³-hybridized carbons (Fsp3) is 0.647. The van der Waals surface area contributed by atoms with Crippen LogP contribution in [0.1, 0.15) is 27.7 Å². The Kier molecular flexibility index (Phi) is 8.89. The van der Waals surface area contributed by atoms with Crippen molar-refractivity contribution in [2.75, 3.05) is 13.2 Å². The number of hydrogen-bond donors (Lipinski definition) is 1. The summed E-state index contributed by atoms with van der Waals surface area (Å²) in [6.07, 6.45) is -2.84. The van der Waals surface area contributed by atoms with Gasteiger partial charge in [-0.05, 0) is 0 Å². The molecule has 0 unspecified atom stereocenters. The minimum absolute atomic E-state index is 0.0755. The van der Waals surface area contributed by atoms with Crippen LogP contribution in [0.2, 0.25) is 0 Å². The van der Waals surface area contributed by atoms with E-state index in [1.165, 1.54) is 33.8 Å². The molecule has 1 saturated heterocycles. The largest absolute Gasteiger partial charge is 0.463 e. The third kappa shape index (κ3) is 7.35. The summed E-state index contributed by atoms with van der Waals surface area (Å²) in [6.45, 7) is 8.16. The van der Waals surface area contributed by atoms with Crippen molar-refractivity contribution in [1.29, 1.82) is 0 Å². The van der Waals surface area contributed by atoms with Crippen LogP contribution in [0.4, 0.5) is 0 Å². The van der Waals surface area contributed by atoms with Crippen LogP contribution >= 0.6 is 0 Å². The predicted octanol–water partition coefficient (Wildman–Crippen LogP) is -0.155. The molecule has 0 aromatic heterocycles. The molecule has 5 atom stereocenters. The third-order valence-electron chi connectivity index (χ3n) is 3.45. The fourth-order valence-corrected chi connectivity index (χ4v) is 2.60. The third-order valence-corrected chi connectivity index (χ3v) is 3.45. The molecule has 0 bridgehead atoms. The number of esters is 3. The number of rotatable bonds is 8. The number of amides is 1. The predicted molar refractivity (Wildman–Crippen MR) is 90.2 cm³/mol. The van der Waals surface area contributed by atoms with Crippen molar-refractivity contribution in [3.63, 3.8) is 0 Å². The molecule has 1 rings (SSSR count). The molecule has 1 amide bonds. The van der Waals surface area contributed by atoms with Crippen LogP contribution in [0.15, 0.2) is 12.7 Å². The minimum atomic E-state index is -1.13. The zero-order valence-electron chi connectivity index (χ0n) is 15.8. The Morgan fingerprint density at radius 3 is 2.07 bits per heavy atom. The quantitative estimate of drug-likeness (QED) is 0.343. The highest BCUT2D eigenvalue weighted by Crippen LogP contribution is 2.27. The summed E-state index contributed by atoms with van der Waals surface area (Å²) in [5.74, 6) is -2.34. The lowest BCUT2D eigenvalue weighted by atomic mass is 9.96. The zero-order valence-corrected chi connectivity index (χ0v) is 15.8. The normalized spacial score (nSPS) is 27.2. The number of carbonyl (C=O) groups excluding carboxylic acids is 4. The standard InChI is InChI=1S/C17H25NO9/c1-6-7-23-17-14(18-9(2)19)16(26-12(5)22)15(25-11(4)21)13(27-17)8-24-10(3)20/h6,13-17H,1,7-8H2,2-5H3,(H,18,19)/t13-,14-,15-,16-,17+/m1/s1. The van der Waals surface area contributed by atoms with E-state index >= 15 is 0 Å². The highest BCUT2D eigenvalue weighted by atomic mass is 16.7. The first-order chi connectivity index (χ1) is 12.6. The summed E-state index contributed by atoms with van der Waals surface area (Å²) >= 11 is 0. The number of hydrogen-bond acceptors (Lipinski definition) is 9. The van der Waals surface area contributed by atoms with Gasteiger partial charge in [0.2, 0.25) is 5.91 Å². The Hall–Kier alpha value is -2.46. The summed E-state index contributed by atoms with van der Waals surface area (Å²) in [7, 11) is 0. The molecule has 0 aromatic carbocycles. The smallest absolute Gasteiger partial charge is 0.303 e. The van der Waals surface area contributed by atoms with Gasteiger partial charge >= 0.3 is 17.9 Å². The molecule has 1 N–H and O–H groups in total. The number of carbonyl (C=O) groups is 4. The second kappa shape index (κ2) is 10.6. The molecule has 0 saturated carbocycles. The Labute approximate surface area is 157 Å². The molecular formula is C17H25NO9. The van der Waals surface area contributed by atoms with Crippen molar-refractivity contribution in [2.24, 2.45) is 0 Å². The lowest BCUT2D eigenvalue weighted by Gasteiger charge is -2.44. The molecule has 1 aliphatic rings. The Morgan fingerprint density at radius 1 is 1.00 bits per heavy atom. The number of nitrogens with one attached hydrogen (secondary N) is 1. The van der Waals surface area contributed by atoms with Gasteiger partial charge in [0.15, 0.2) is 18.5 Å². The maximum atomic E-state index is 11.6. The van der Waals surface area contributed by atoms with Gasteiger partial charge in [-0.25, -0.2) is 0 Å². The van der Waals surface area contributed by atoms with Crippen molar-refractivity contribution < 1.29 is 42.9 Å². The van der Waals surface area contributed by atoms with Gasteiger partial charge in [-0.2, -0.15) is 0 Å². The average Bonchev–Trinajstić information content (AvgIpc) is 2.54. The average molecular weight is 387 g/mol. The molecule has 1 heterocycles. The Morgan fingerprint density at radius 2 is 1.59 bits per heavy atom. The molecule has 10 nitrogen and oxygen atoms in total. The minimum Gasteiger partial charge on any atom is -0.463 e. The van der Waals surface area contributed by atoms with Gasteiger partial charge in [0.25, 0.3) is 0 Å². The van der Waals surface area contributed by atoms with Gasteiger partial charge in [-0.1, -0.05) is 6.08 Å². The van der Waals surface area contributed by atoms with Crippen LogP contribution < -0.4 is 5.32 Å². The Balaban J connectivity index is 3.24. The van der Waals surface area contributed by atoms with E-state index in [0.717, 1.165) is 0 Å². The summed E-state index contributed by atoms with van der Waals surface area (Å²) < 4.78 is 26.8. The van der Waals surface area contributed by atoms with Crippen LogP contribution in [-0.2, 0) is 42.9 Å². The van der Waals surface area contributed by atoms with Crippen LogP contribution in [-0.4, -0.2) is 67.7 Å². The van der Waals surface area contributed by atoms with E-state index in [4.69, 9.17) is 23.7 Å². The van der Waals surface area contributed by atoms with Crippen LogP contribution in [0.25, 0.3) is 0 Å². The van der Waals surface area contributed by atoms with Gasteiger partial charge in [-0.3, -0.25) is 19.2 Å². The first kappa shape index (κ1) is 22.6. The molecule has 1 fully saturated rings. The van der Waals surface area contributed by atoms with E-state index in [2.05, 4.69) is 11.9 Å². The number of ether oxygens (including phenoxy) is 5. The molecule has 152 valence electrons. The highest BCUT2D eigenvalue weighted by Gasteiger charge is 2.51. The molecule has 1 aliphatic heterocycles. The van der Waals surface area contributed by atoms with Crippen molar-refractivity contribution in [3.05, 3.63) is 12.7 Å². The molecular weight excluding hydrogens is 362 g/mol. The summed E-state index contributed by atoms with van der Waals surface area (Å²) in [5.41, 5.74) is 0. The van der Waals surface area contributed by atoms with Gasteiger partial charge in [-0.15, -0.1) is 6.58 Å². The maximum absolute atomic E-state index is 11.6. The summed E-state index contributed by atoms with van der Waals surface area (Å²) in [5, 5.41) is 2.59. The van der Waals surface area contributed by atoms with E-state index < -0.39 is 54.5 Å². The van der Waals surface area contributed by atoms with Crippen molar-refractivity contribution in [3.8, 4) is 0 Å². The molecule has 27 heavy (non-hydrogen) atoms. The lowest BCUT2D eigenvalue weighted by Crippen LogP contribution is -2.66. The van der Waals surface area contributed by atoms with Gasteiger partial charge < -0.3 is 29.0 Å². The van der Waals surface area contributed by atoms with E-state index in [1.54, 1.807) is 0 Å². The van der Waals surface area contributed by atoms with Crippen molar-refractivity contribution >= 4 is 23.8 Å². The van der Waals surface area contributed by atoms with Gasteiger partial charge in [0.1, 0.15) is 18.8 Å². The highest BCUT2D eigenvalue weighted by molar-refractivity contribution is 5.73. The molecule has 0 aromatic rings. The zero-order chi connectivity index (χ0) is 20.6. The maximum Gasteiger partial charge on any atom is 0.303 e. The second-order valence-corrected chi connectivity index (χ2v) is 5.84. The second-order valence-electron chi connectivity index (χ2n) is 5.84. The Bertz CT molecular complexity index is 577. The van der Waals surface area contributed by atoms with E-state index in [9.17, 15) is 19.2 Å². The fourth-order valence-electron chi connectivity index (χ4n) is 2.60. The van der Waals surface area contributed by atoms with E-state index in [-0.39, 0.29) is 13.2 Å². The molecule has 0 aliphatic carbocycles. The van der Waals surface area contributed by atoms with Crippen LogP contribution in [0.5, 0.6) is 0 Å². The monoisotopic (exact) mass is 387 g/mol. The topological polar surface area (TPSA) is 126 Å². The first-order valence-corrected chi connectivity index (χ1v) is 8.28. The summed E-state index contributed by atoms with van der Waals surface area (Å²) in [6, 6.07) is -0.968. The molecule has 0 spiro atoms. The van der Waals surface area contributed by atoms with Crippen LogP contribution in [0, 0.1) is 0 Å². The van der Waals surface area contributed by atoms with Gasteiger partial charge in [0, 0.05) is 27.7 Å². The van der Waals surface area contributed by atoms with Crippen molar-refractivity contribution in [2.45, 2.75) is 58.3 Å². The first-order valence-electron chi connectivity index (χ1n) is 8.28. The lowest BCUT2D eigenvalue weighted by molar-refractivity contribution is -0.275. The van der Waals surface area contributed by atoms with E-state index in [1.807, 2.05) is 0 Å². The van der Waals surface area contributed by atoms with Crippen LogP contribution in [0.3, 0.4) is 0 Å². The van der Waals surface area contributed by atoms with E-state index in [0.29, 0.717) is 0 Å². The van der Waals surface area contributed by atoms with Gasteiger partial charge in [0.05, 0.1) is 6.61 Å². The SMILES string of the molecule is C=CCO[C@H]1O[C@H](COC(C)=O)[C@@H](OC(C)=O)[C@H](OC(C)=O)[C@H]1NC(C)=O. The molecule has 0 radical (unpaired) electrons. The summed E-state index contributed by atoms with van der Waals surface area (Å²) in [4.78, 5) is 46.0. The van der Waals surface area contributed by atoms with Crippen molar-refractivity contribution in [1.82, 2.24) is 5.32 Å². The molecule has 10 heteroatoms.